The van der Waals surface area contributed by atoms with Gasteiger partial charge >= 0.3 is 0 Å². The lowest BCUT2D eigenvalue weighted by atomic mass is 9.44. The summed E-state index contributed by atoms with van der Waals surface area (Å²) in [7, 11) is 0. The number of ketones is 1. The third-order valence-corrected chi connectivity index (χ3v) is 15.4. The molecule has 14 heteroatoms. The second kappa shape index (κ2) is 14.0. The smallest absolute Gasteiger partial charge is 0.187 e. The van der Waals surface area contributed by atoms with Gasteiger partial charge in [0.1, 0.15) is 54.6 Å². The zero-order valence-corrected chi connectivity index (χ0v) is 30.6. The van der Waals surface area contributed by atoms with E-state index in [2.05, 4.69) is 20.8 Å². The number of hydrogen-bond acceptors (Lipinski definition) is 14. The minimum Gasteiger partial charge on any atom is -0.394 e. The molecule has 4 aliphatic heterocycles. The molecule has 21 atom stereocenters. The molecule has 8 fully saturated rings. The molecule has 296 valence electrons. The molecule has 1 spiro atoms. The van der Waals surface area contributed by atoms with E-state index in [1.54, 1.807) is 0 Å². The van der Waals surface area contributed by atoms with Gasteiger partial charge in [-0.05, 0) is 85.4 Å². The lowest BCUT2D eigenvalue weighted by Gasteiger charge is -2.60. The van der Waals surface area contributed by atoms with Crippen LogP contribution >= 0.6 is 0 Å². The number of hydrogen-bond donors (Lipinski definition) is 7. The zero-order valence-electron chi connectivity index (χ0n) is 30.6. The molecule has 4 heterocycles. The summed E-state index contributed by atoms with van der Waals surface area (Å²) in [5.74, 6) is 1.80. The maximum Gasteiger partial charge on any atom is 0.187 e. The molecule has 0 amide bonds. The first-order chi connectivity index (χ1) is 24.7. The Morgan fingerprint density at radius 2 is 1.48 bits per heavy atom. The van der Waals surface area contributed by atoms with E-state index in [1.165, 1.54) is 0 Å². The van der Waals surface area contributed by atoms with E-state index in [1.807, 2.05) is 0 Å². The van der Waals surface area contributed by atoms with Gasteiger partial charge in [-0.25, -0.2) is 0 Å². The summed E-state index contributed by atoms with van der Waals surface area (Å²) in [5, 5.41) is 72.7. The predicted molar refractivity (Wildman–Crippen MR) is 179 cm³/mol. The van der Waals surface area contributed by atoms with Crippen molar-refractivity contribution in [1.82, 2.24) is 0 Å². The second-order valence-corrected chi connectivity index (χ2v) is 18.3. The Kier molecular flexibility index (Phi) is 10.2. The van der Waals surface area contributed by atoms with Gasteiger partial charge in [-0.2, -0.15) is 0 Å². The SMILES string of the molecule is C[C@@H]1CC[C@@]2(C[C@H]3[C@H](C[C@H]4[C@@H]5CC[C@H]6C[C@@H](O[C@@H]7O[C@H](CO)[C@@H](O[C@@H]8O[C@H](CO)[C@@H](O)[C@H](O)[C@H]8O)[C@H](O)[C@H]7O)CC[C@]6(C)[C@H]5C(=O)C[C@@]43C)O2)OC1. The Balaban J connectivity index is 0.902. The first-order valence-electron chi connectivity index (χ1n) is 19.8. The highest BCUT2D eigenvalue weighted by molar-refractivity contribution is 5.84. The maximum absolute atomic E-state index is 14.4. The van der Waals surface area contributed by atoms with E-state index in [0.29, 0.717) is 48.7 Å². The molecule has 0 bridgehead atoms. The number of aliphatic hydroxyl groups is 7. The molecule has 4 saturated heterocycles. The minimum atomic E-state index is -1.74. The number of Topliss-reactive ketones (excluding diaryl/α,β-unsaturated/α-hetero) is 1. The third-order valence-electron chi connectivity index (χ3n) is 15.4. The Hall–Kier alpha value is -0.850. The Morgan fingerprint density at radius 1 is 0.769 bits per heavy atom. The van der Waals surface area contributed by atoms with Crippen molar-refractivity contribution in [2.24, 2.45) is 46.3 Å². The lowest BCUT2D eigenvalue weighted by Crippen LogP contribution is -2.65. The first-order valence-corrected chi connectivity index (χ1v) is 19.8. The molecule has 0 aromatic rings. The van der Waals surface area contributed by atoms with Crippen molar-refractivity contribution in [3.05, 3.63) is 0 Å². The number of fused-ring (bicyclic) bond motifs is 7. The van der Waals surface area contributed by atoms with Crippen LogP contribution < -0.4 is 0 Å². The van der Waals surface area contributed by atoms with Crippen molar-refractivity contribution in [2.45, 2.75) is 164 Å². The Labute approximate surface area is 305 Å². The molecule has 4 saturated carbocycles. The Bertz CT molecular complexity index is 1310. The van der Waals surface area contributed by atoms with E-state index in [4.69, 9.17) is 28.4 Å². The highest BCUT2D eigenvalue weighted by Gasteiger charge is 2.69. The summed E-state index contributed by atoms with van der Waals surface area (Å²) in [6.07, 6.45) is -6.49. The van der Waals surface area contributed by atoms with Crippen molar-refractivity contribution in [1.29, 1.82) is 0 Å². The van der Waals surface area contributed by atoms with Gasteiger partial charge in [-0.15, -0.1) is 0 Å². The van der Waals surface area contributed by atoms with Gasteiger partial charge in [0.2, 0.25) is 0 Å². The van der Waals surface area contributed by atoms with Crippen LogP contribution in [0.5, 0.6) is 0 Å². The molecular formula is C38H60O14. The topological polar surface area (TPSA) is 214 Å². The van der Waals surface area contributed by atoms with Crippen LogP contribution in [0, 0.1) is 46.3 Å². The fourth-order valence-corrected chi connectivity index (χ4v) is 12.4. The summed E-state index contributed by atoms with van der Waals surface area (Å²) < 4.78 is 36.5. The summed E-state index contributed by atoms with van der Waals surface area (Å²) in [6.45, 7) is 6.32. The van der Waals surface area contributed by atoms with Crippen LogP contribution in [0.3, 0.4) is 0 Å². The molecule has 8 rings (SSSR count). The third kappa shape index (κ3) is 6.06. The van der Waals surface area contributed by atoms with E-state index >= 15 is 0 Å². The first kappa shape index (κ1) is 38.0. The van der Waals surface area contributed by atoms with Crippen molar-refractivity contribution in [2.75, 3.05) is 19.8 Å². The van der Waals surface area contributed by atoms with Crippen LogP contribution in [-0.4, -0.2) is 141 Å². The van der Waals surface area contributed by atoms with E-state index in [-0.39, 0.29) is 34.9 Å². The van der Waals surface area contributed by atoms with Gasteiger partial charge in [0.25, 0.3) is 0 Å². The number of aliphatic hydroxyl groups excluding tert-OH is 7. The predicted octanol–water partition coefficient (Wildman–Crippen LogP) is 0.375. The summed E-state index contributed by atoms with van der Waals surface area (Å²) in [6, 6.07) is 0. The van der Waals surface area contributed by atoms with Gasteiger partial charge in [0.05, 0.1) is 32.0 Å². The van der Waals surface area contributed by atoms with Crippen LogP contribution in [0.25, 0.3) is 0 Å². The molecule has 0 aromatic heterocycles. The molecule has 0 aromatic carbocycles. The number of rotatable bonds is 6. The fourth-order valence-electron chi connectivity index (χ4n) is 12.4. The van der Waals surface area contributed by atoms with Crippen molar-refractivity contribution < 1.29 is 69.0 Å². The summed E-state index contributed by atoms with van der Waals surface area (Å²) >= 11 is 0. The average Bonchev–Trinajstić information content (AvgIpc) is 3.61. The van der Waals surface area contributed by atoms with E-state index in [9.17, 15) is 40.5 Å². The van der Waals surface area contributed by atoms with Crippen LogP contribution in [0.2, 0.25) is 0 Å². The quantitative estimate of drug-likeness (QED) is 0.184. The van der Waals surface area contributed by atoms with Gasteiger partial charge in [-0.3, -0.25) is 4.79 Å². The minimum absolute atomic E-state index is 0.0118. The standard InChI is InChI=1S/C38H60O14/c1-17-6-9-38(47-16-17)12-22-24(52-38)11-21-20-5-4-18-10-19(7-8-36(18,2)27(20)23(41)13-37(21,22)3)48-34-32(46)30(44)33(26(15-40)50-34)51-35-31(45)29(43)28(42)25(14-39)49-35/h17-22,24-35,39-40,42-46H,4-16H2,1-3H3/t17-,18+,19+,20+,21+,22+,24+,25-,26-,27-,28-,29+,30-,31-,32-,33-,34-,35+,36+,37+,38-/m1/s1. The highest BCUT2D eigenvalue weighted by Crippen LogP contribution is 2.69. The van der Waals surface area contributed by atoms with Gasteiger partial charge in [0.15, 0.2) is 18.4 Å². The summed E-state index contributed by atoms with van der Waals surface area (Å²) in [4.78, 5) is 14.4. The van der Waals surface area contributed by atoms with Gasteiger partial charge in [-0.1, -0.05) is 20.8 Å². The fraction of sp³-hybridized carbons (Fsp3) is 0.974. The van der Waals surface area contributed by atoms with Gasteiger partial charge in [0, 0.05) is 25.2 Å². The molecule has 14 nitrogen and oxygen atoms in total. The van der Waals surface area contributed by atoms with E-state index in [0.717, 1.165) is 51.6 Å². The van der Waals surface area contributed by atoms with Crippen LogP contribution in [0.15, 0.2) is 0 Å². The van der Waals surface area contributed by atoms with Crippen LogP contribution in [-0.2, 0) is 33.2 Å². The number of carbonyl (C=O) groups excluding carboxylic acids is 1. The molecule has 4 aliphatic carbocycles. The molecule has 0 radical (unpaired) electrons. The molecule has 8 aliphatic rings. The summed E-state index contributed by atoms with van der Waals surface area (Å²) in [5.41, 5.74) is -0.252. The van der Waals surface area contributed by atoms with Gasteiger partial charge < -0.3 is 64.2 Å². The van der Waals surface area contributed by atoms with Crippen LogP contribution in [0.4, 0.5) is 0 Å². The average molecular weight is 741 g/mol. The number of carbonyl (C=O) groups is 1. The lowest BCUT2D eigenvalue weighted by molar-refractivity contribution is -0.364. The van der Waals surface area contributed by atoms with Crippen LogP contribution in [0.1, 0.15) is 85.0 Å². The second-order valence-electron chi connectivity index (χ2n) is 18.3. The Morgan fingerprint density at radius 3 is 2.19 bits per heavy atom. The molecule has 7 N–H and O–H groups in total. The zero-order chi connectivity index (χ0) is 36.9. The van der Waals surface area contributed by atoms with Crippen molar-refractivity contribution >= 4 is 5.78 Å². The number of ether oxygens (including phenoxy) is 6. The normalized spacial score (nSPS) is 57.6. The maximum atomic E-state index is 14.4. The van der Waals surface area contributed by atoms with E-state index < -0.39 is 80.4 Å². The monoisotopic (exact) mass is 740 g/mol. The van der Waals surface area contributed by atoms with Crippen molar-refractivity contribution in [3.63, 3.8) is 0 Å². The molecule has 0 unspecified atom stereocenters. The molecular weight excluding hydrogens is 680 g/mol. The largest absolute Gasteiger partial charge is 0.394 e. The highest BCUT2D eigenvalue weighted by atomic mass is 16.7. The molecule has 52 heavy (non-hydrogen) atoms. The van der Waals surface area contributed by atoms with Crippen molar-refractivity contribution in [3.8, 4) is 0 Å².